The molecular formula is C13H15N3O3. The van der Waals surface area contributed by atoms with Crippen LogP contribution in [-0.4, -0.2) is 27.2 Å². The average Bonchev–Trinajstić information content (AvgIpc) is 3.13. The van der Waals surface area contributed by atoms with Crippen molar-refractivity contribution >= 4 is 11.6 Å². The minimum atomic E-state index is -0.407. The Labute approximate surface area is 109 Å². The van der Waals surface area contributed by atoms with Gasteiger partial charge in [0.25, 0.3) is 5.56 Å². The van der Waals surface area contributed by atoms with Crippen LogP contribution >= 0.6 is 0 Å². The normalized spacial score (nSPS) is 14.8. The van der Waals surface area contributed by atoms with Gasteiger partial charge < -0.3 is 4.74 Å². The second kappa shape index (κ2) is 4.53. The molecule has 1 aliphatic carbocycles. The number of carbonyl (C=O) groups excluding carboxylic acids is 1. The number of ether oxygens (including phenoxy) is 1. The average molecular weight is 261 g/mol. The fourth-order valence-corrected chi connectivity index (χ4v) is 2.11. The minimum absolute atomic E-state index is 0.0413. The number of aromatic amines is 1. The quantitative estimate of drug-likeness (QED) is 0.833. The van der Waals surface area contributed by atoms with Crippen molar-refractivity contribution in [1.82, 2.24) is 14.6 Å². The first kappa shape index (κ1) is 12.0. The van der Waals surface area contributed by atoms with Gasteiger partial charge in [0.1, 0.15) is 0 Å². The SMILES string of the molecule is CCOC(=O)Cc1cnc2cc(C3CC3)[nH]n2c1=O. The van der Waals surface area contributed by atoms with Gasteiger partial charge in [0.05, 0.1) is 13.0 Å². The van der Waals surface area contributed by atoms with Gasteiger partial charge in [-0.05, 0) is 19.8 Å². The molecule has 0 amide bonds. The number of H-pyrrole nitrogens is 1. The van der Waals surface area contributed by atoms with Crippen molar-refractivity contribution in [1.29, 1.82) is 0 Å². The Morgan fingerprint density at radius 2 is 2.37 bits per heavy atom. The van der Waals surface area contributed by atoms with Crippen molar-refractivity contribution < 1.29 is 9.53 Å². The highest BCUT2D eigenvalue weighted by Crippen LogP contribution is 2.39. The van der Waals surface area contributed by atoms with Crippen LogP contribution in [0.25, 0.3) is 5.65 Å². The van der Waals surface area contributed by atoms with E-state index in [9.17, 15) is 9.59 Å². The molecule has 19 heavy (non-hydrogen) atoms. The summed E-state index contributed by atoms with van der Waals surface area (Å²) in [6.45, 7) is 2.04. The number of rotatable bonds is 4. The van der Waals surface area contributed by atoms with Crippen LogP contribution in [-0.2, 0) is 16.0 Å². The van der Waals surface area contributed by atoms with Gasteiger partial charge in [-0.3, -0.25) is 14.7 Å². The molecule has 100 valence electrons. The van der Waals surface area contributed by atoms with E-state index in [1.54, 1.807) is 6.92 Å². The van der Waals surface area contributed by atoms with E-state index in [0.29, 0.717) is 23.7 Å². The van der Waals surface area contributed by atoms with Gasteiger partial charge in [0, 0.05) is 29.4 Å². The van der Waals surface area contributed by atoms with Crippen LogP contribution in [0.5, 0.6) is 0 Å². The molecule has 1 fully saturated rings. The van der Waals surface area contributed by atoms with Crippen molar-refractivity contribution in [2.45, 2.75) is 32.1 Å². The predicted molar refractivity (Wildman–Crippen MR) is 68.1 cm³/mol. The Morgan fingerprint density at radius 3 is 3.05 bits per heavy atom. The first-order valence-electron chi connectivity index (χ1n) is 6.44. The maximum Gasteiger partial charge on any atom is 0.310 e. The van der Waals surface area contributed by atoms with E-state index < -0.39 is 5.97 Å². The third-order valence-electron chi connectivity index (χ3n) is 3.24. The molecule has 6 nitrogen and oxygen atoms in total. The lowest BCUT2D eigenvalue weighted by molar-refractivity contribution is -0.142. The maximum absolute atomic E-state index is 12.2. The van der Waals surface area contributed by atoms with E-state index in [0.717, 1.165) is 18.5 Å². The highest BCUT2D eigenvalue weighted by molar-refractivity contribution is 5.72. The molecule has 2 aromatic heterocycles. The summed E-state index contributed by atoms with van der Waals surface area (Å²) in [7, 11) is 0. The van der Waals surface area contributed by atoms with Crippen LogP contribution in [0.3, 0.4) is 0 Å². The van der Waals surface area contributed by atoms with Gasteiger partial charge in [0.15, 0.2) is 5.65 Å². The molecule has 0 atom stereocenters. The molecule has 0 radical (unpaired) electrons. The number of hydrogen-bond donors (Lipinski definition) is 1. The van der Waals surface area contributed by atoms with Crippen LogP contribution in [0.15, 0.2) is 17.1 Å². The summed E-state index contributed by atoms with van der Waals surface area (Å²) < 4.78 is 6.25. The van der Waals surface area contributed by atoms with Gasteiger partial charge in [-0.1, -0.05) is 0 Å². The number of nitrogens with zero attached hydrogens (tertiary/aromatic N) is 2. The Hall–Kier alpha value is -2.11. The zero-order valence-corrected chi connectivity index (χ0v) is 10.7. The predicted octanol–water partition coefficient (Wildman–Crippen LogP) is 1.01. The molecule has 0 aromatic carbocycles. The Kier molecular flexibility index (Phi) is 2.85. The standard InChI is InChI=1S/C13H15N3O3/c1-2-19-12(17)5-9-7-14-11-6-10(8-3-4-8)15-16(11)13(9)18/h6-8,15H,2-5H2,1H3. The molecule has 2 aromatic rings. The summed E-state index contributed by atoms with van der Waals surface area (Å²) in [4.78, 5) is 27.8. The molecule has 3 rings (SSSR count). The largest absolute Gasteiger partial charge is 0.466 e. The summed E-state index contributed by atoms with van der Waals surface area (Å²) in [6.07, 6.45) is 3.72. The summed E-state index contributed by atoms with van der Waals surface area (Å²) in [5, 5.41) is 3.06. The second-order valence-corrected chi connectivity index (χ2v) is 4.75. The topological polar surface area (TPSA) is 76.5 Å². The molecule has 1 saturated carbocycles. The van der Waals surface area contributed by atoms with E-state index in [1.165, 1.54) is 10.7 Å². The fourth-order valence-electron chi connectivity index (χ4n) is 2.11. The maximum atomic E-state index is 12.2. The molecule has 0 bridgehead atoms. The van der Waals surface area contributed by atoms with E-state index in [2.05, 4.69) is 10.1 Å². The number of hydrogen-bond acceptors (Lipinski definition) is 4. The van der Waals surface area contributed by atoms with Crippen molar-refractivity contribution in [3.8, 4) is 0 Å². The third-order valence-corrected chi connectivity index (χ3v) is 3.24. The minimum Gasteiger partial charge on any atom is -0.466 e. The first-order chi connectivity index (χ1) is 9.19. The molecule has 0 spiro atoms. The van der Waals surface area contributed by atoms with Crippen LogP contribution in [0.4, 0.5) is 0 Å². The smallest absolute Gasteiger partial charge is 0.310 e. The Bertz CT molecular complexity index is 682. The molecular weight excluding hydrogens is 246 g/mol. The zero-order chi connectivity index (χ0) is 13.4. The number of esters is 1. The van der Waals surface area contributed by atoms with Crippen molar-refractivity contribution in [2.75, 3.05) is 6.61 Å². The van der Waals surface area contributed by atoms with E-state index in [4.69, 9.17) is 4.74 Å². The summed E-state index contributed by atoms with van der Waals surface area (Å²) in [5.74, 6) is 0.116. The molecule has 2 heterocycles. The van der Waals surface area contributed by atoms with E-state index >= 15 is 0 Å². The molecule has 0 saturated heterocycles. The first-order valence-corrected chi connectivity index (χ1v) is 6.44. The van der Waals surface area contributed by atoms with Gasteiger partial charge in [0.2, 0.25) is 0 Å². The highest BCUT2D eigenvalue weighted by Gasteiger charge is 2.26. The molecule has 0 aliphatic heterocycles. The number of aromatic nitrogens is 3. The summed E-state index contributed by atoms with van der Waals surface area (Å²) in [5.41, 5.74) is 1.75. The monoisotopic (exact) mass is 261 g/mol. The molecule has 1 N–H and O–H groups in total. The number of fused-ring (bicyclic) bond motifs is 1. The summed E-state index contributed by atoms with van der Waals surface area (Å²) >= 11 is 0. The number of nitrogens with one attached hydrogen (secondary N) is 1. The van der Waals surface area contributed by atoms with Gasteiger partial charge in [-0.15, -0.1) is 0 Å². The van der Waals surface area contributed by atoms with Crippen LogP contribution in [0, 0.1) is 0 Å². The van der Waals surface area contributed by atoms with Crippen LogP contribution < -0.4 is 5.56 Å². The molecule has 0 unspecified atom stereocenters. The van der Waals surface area contributed by atoms with E-state index in [-0.39, 0.29) is 12.0 Å². The highest BCUT2D eigenvalue weighted by atomic mass is 16.5. The van der Waals surface area contributed by atoms with Crippen LogP contribution in [0.2, 0.25) is 0 Å². The molecule has 1 aliphatic rings. The Morgan fingerprint density at radius 1 is 1.58 bits per heavy atom. The lowest BCUT2D eigenvalue weighted by atomic mass is 10.2. The van der Waals surface area contributed by atoms with Gasteiger partial charge in [-0.2, -0.15) is 0 Å². The van der Waals surface area contributed by atoms with Gasteiger partial charge >= 0.3 is 5.97 Å². The third kappa shape index (κ3) is 2.25. The van der Waals surface area contributed by atoms with Gasteiger partial charge in [-0.25, -0.2) is 9.50 Å². The lowest BCUT2D eigenvalue weighted by Crippen LogP contribution is -2.22. The van der Waals surface area contributed by atoms with Crippen molar-refractivity contribution in [2.24, 2.45) is 0 Å². The van der Waals surface area contributed by atoms with Crippen LogP contribution in [0.1, 0.15) is 36.9 Å². The van der Waals surface area contributed by atoms with Crippen molar-refractivity contribution in [3.05, 3.63) is 33.9 Å². The molecule has 6 heteroatoms. The summed E-state index contributed by atoms with van der Waals surface area (Å²) in [6, 6.07) is 1.90. The van der Waals surface area contributed by atoms with E-state index in [1.807, 2.05) is 6.07 Å². The zero-order valence-electron chi connectivity index (χ0n) is 10.7. The lowest BCUT2D eigenvalue weighted by Gasteiger charge is -2.01. The number of carbonyl (C=O) groups is 1. The van der Waals surface area contributed by atoms with Crippen molar-refractivity contribution in [3.63, 3.8) is 0 Å². The fraction of sp³-hybridized carbons (Fsp3) is 0.462. The Balaban J connectivity index is 1.95. The second-order valence-electron chi connectivity index (χ2n) is 4.75.